The van der Waals surface area contributed by atoms with E-state index in [-0.39, 0.29) is 5.91 Å². The van der Waals surface area contributed by atoms with E-state index in [0.29, 0.717) is 6.54 Å². The van der Waals surface area contributed by atoms with Crippen molar-refractivity contribution >= 4 is 16.8 Å². The topological polar surface area (TPSA) is 57.4 Å². The first-order valence-electron chi connectivity index (χ1n) is 11.1. The van der Waals surface area contributed by atoms with Gasteiger partial charge in [0.25, 0.3) is 5.91 Å². The summed E-state index contributed by atoms with van der Waals surface area (Å²) in [7, 11) is 0. The number of ether oxygens (including phenoxy) is 1. The van der Waals surface area contributed by atoms with Gasteiger partial charge in [-0.1, -0.05) is 24.3 Å². The molecule has 1 saturated heterocycles. The van der Waals surface area contributed by atoms with Gasteiger partial charge in [-0.25, -0.2) is 0 Å². The molecule has 156 valence electrons. The monoisotopic (exact) mass is 403 g/mol. The molecular formula is C25H29N3O2. The first kappa shape index (κ1) is 19.3. The molecule has 1 aliphatic carbocycles. The highest BCUT2D eigenvalue weighted by Crippen LogP contribution is 2.29. The van der Waals surface area contributed by atoms with Crippen molar-refractivity contribution in [3.8, 4) is 0 Å². The lowest BCUT2D eigenvalue weighted by molar-refractivity contribution is 0.0340. The van der Waals surface area contributed by atoms with Gasteiger partial charge in [-0.05, 0) is 60.6 Å². The van der Waals surface area contributed by atoms with Gasteiger partial charge < -0.3 is 15.0 Å². The highest BCUT2D eigenvalue weighted by atomic mass is 16.5. The summed E-state index contributed by atoms with van der Waals surface area (Å²) in [6.45, 7) is 4.96. The molecule has 1 aromatic heterocycles. The Labute approximate surface area is 177 Å². The maximum absolute atomic E-state index is 12.9. The molecule has 2 aromatic carbocycles. The van der Waals surface area contributed by atoms with Crippen LogP contribution in [0.5, 0.6) is 0 Å². The summed E-state index contributed by atoms with van der Waals surface area (Å²) in [5.74, 6) is -0.0103. The van der Waals surface area contributed by atoms with Gasteiger partial charge in [0.1, 0.15) is 0 Å². The molecular weight excluding hydrogens is 374 g/mol. The number of carbonyl (C=O) groups is 1. The van der Waals surface area contributed by atoms with Crippen LogP contribution >= 0.6 is 0 Å². The number of benzene rings is 2. The number of amides is 1. The molecule has 0 bridgehead atoms. The van der Waals surface area contributed by atoms with Gasteiger partial charge in [-0.3, -0.25) is 9.69 Å². The average Bonchev–Trinajstić information content (AvgIpc) is 3.17. The Morgan fingerprint density at radius 3 is 2.70 bits per heavy atom. The highest BCUT2D eigenvalue weighted by Gasteiger charge is 2.17. The van der Waals surface area contributed by atoms with Crippen LogP contribution in [-0.4, -0.2) is 42.1 Å². The zero-order valence-corrected chi connectivity index (χ0v) is 17.4. The fraction of sp³-hybridized carbons (Fsp3) is 0.400. The van der Waals surface area contributed by atoms with Gasteiger partial charge in [-0.15, -0.1) is 0 Å². The SMILES string of the molecule is O=C(NCc1ccccc1CN1CCOCC1)c1ccc2[nH]c3c(c2c1)CCCC3. The standard InChI is InChI=1S/C25H29N3O2/c29-25(18-9-10-24-22(15-18)21-7-3-4-8-23(21)27-24)26-16-19-5-1-2-6-20(19)17-28-11-13-30-14-12-28/h1-2,5-6,9-10,15,27H,3-4,7-8,11-14,16-17H2,(H,26,29). The number of rotatable bonds is 5. The maximum atomic E-state index is 12.9. The normalized spacial score (nSPS) is 17.1. The summed E-state index contributed by atoms with van der Waals surface area (Å²) in [6, 6.07) is 14.4. The summed E-state index contributed by atoms with van der Waals surface area (Å²) < 4.78 is 5.45. The maximum Gasteiger partial charge on any atom is 0.251 e. The van der Waals surface area contributed by atoms with Crippen LogP contribution in [0.1, 0.15) is 45.6 Å². The van der Waals surface area contributed by atoms with Gasteiger partial charge in [0, 0.05) is 48.3 Å². The second-order valence-electron chi connectivity index (χ2n) is 8.39. The molecule has 2 heterocycles. The van der Waals surface area contributed by atoms with Crippen molar-refractivity contribution in [2.75, 3.05) is 26.3 Å². The number of nitrogens with zero attached hydrogens (tertiary/aromatic N) is 1. The molecule has 1 amide bonds. The first-order valence-corrected chi connectivity index (χ1v) is 11.1. The predicted octanol–water partition coefficient (Wildman–Crippen LogP) is 3.81. The van der Waals surface area contributed by atoms with Crippen LogP contribution in [0.4, 0.5) is 0 Å². The fourth-order valence-electron chi connectivity index (χ4n) is 4.71. The number of hydrogen-bond donors (Lipinski definition) is 2. The highest BCUT2D eigenvalue weighted by molar-refractivity contribution is 5.99. The van der Waals surface area contributed by atoms with Crippen LogP contribution in [0.2, 0.25) is 0 Å². The zero-order valence-electron chi connectivity index (χ0n) is 17.4. The quantitative estimate of drug-likeness (QED) is 0.681. The van der Waals surface area contributed by atoms with E-state index in [1.807, 2.05) is 12.1 Å². The molecule has 2 aliphatic rings. The molecule has 30 heavy (non-hydrogen) atoms. The van der Waals surface area contributed by atoms with E-state index in [1.54, 1.807) is 0 Å². The molecule has 1 fully saturated rings. The number of H-pyrrole nitrogens is 1. The summed E-state index contributed by atoms with van der Waals surface area (Å²) in [5.41, 5.74) is 7.09. The Morgan fingerprint density at radius 2 is 1.83 bits per heavy atom. The van der Waals surface area contributed by atoms with Crippen molar-refractivity contribution in [3.63, 3.8) is 0 Å². The molecule has 5 heteroatoms. The smallest absolute Gasteiger partial charge is 0.251 e. The Bertz CT molecular complexity index is 1050. The second kappa shape index (κ2) is 8.62. The molecule has 5 rings (SSSR count). The second-order valence-corrected chi connectivity index (χ2v) is 8.39. The van der Waals surface area contributed by atoms with Crippen LogP contribution in [0.25, 0.3) is 10.9 Å². The third-order valence-electron chi connectivity index (χ3n) is 6.42. The Hall–Kier alpha value is -2.63. The van der Waals surface area contributed by atoms with Crippen molar-refractivity contribution in [3.05, 3.63) is 70.4 Å². The van der Waals surface area contributed by atoms with E-state index in [4.69, 9.17) is 4.74 Å². The molecule has 0 unspecified atom stereocenters. The minimum atomic E-state index is -0.0103. The molecule has 5 nitrogen and oxygen atoms in total. The van der Waals surface area contributed by atoms with Crippen LogP contribution < -0.4 is 5.32 Å². The number of fused-ring (bicyclic) bond motifs is 3. The van der Waals surface area contributed by atoms with Crippen LogP contribution in [0, 0.1) is 0 Å². The van der Waals surface area contributed by atoms with Crippen LogP contribution in [0.3, 0.4) is 0 Å². The Morgan fingerprint density at radius 1 is 1.03 bits per heavy atom. The van der Waals surface area contributed by atoms with Crippen molar-refractivity contribution in [1.82, 2.24) is 15.2 Å². The number of hydrogen-bond acceptors (Lipinski definition) is 3. The van der Waals surface area contributed by atoms with Crippen LogP contribution in [0.15, 0.2) is 42.5 Å². The molecule has 1 aliphatic heterocycles. The molecule has 0 radical (unpaired) electrons. The largest absolute Gasteiger partial charge is 0.379 e. The minimum Gasteiger partial charge on any atom is -0.379 e. The van der Waals surface area contributed by atoms with E-state index in [2.05, 4.69) is 45.5 Å². The Balaban J connectivity index is 1.29. The lowest BCUT2D eigenvalue weighted by Crippen LogP contribution is -2.36. The third-order valence-corrected chi connectivity index (χ3v) is 6.42. The number of aryl methyl sites for hydroxylation is 2. The summed E-state index contributed by atoms with van der Waals surface area (Å²) in [5, 5.41) is 4.35. The molecule has 0 spiro atoms. The van der Waals surface area contributed by atoms with Crippen LogP contribution in [-0.2, 0) is 30.7 Å². The Kier molecular flexibility index (Phi) is 5.56. The summed E-state index contributed by atoms with van der Waals surface area (Å²) in [6.07, 6.45) is 4.70. The number of aromatic amines is 1. The van der Waals surface area contributed by atoms with Gasteiger partial charge >= 0.3 is 0 Å². The zero-order chi connectivity index (χ0) is 20.3. The van der Waals surface area contributed by atoms with Crippen molar-refractivity contribution in [2.45, 2.75) is 38.8 Å². The number of carbonyl (C=O) groups excluding carboxylic acids is 1. The average molecular weight is 404 g/mol. The minimum absolute atomic E-state index is 0.0103. The summed E-state index contributed by atoms with van der Waals surface area (Å²) >= 11 is 0. The fourth-order valence-corrected chi connectivity index (χ4v) is 4.71. The van der Waals surface area contributed by atoms with E-state index in [0.717, 1.165) is 56.8 Å². The van der Waals surface area contributed by atoms with Crippen molar-refractivity contribution in [2.24, 2.45) is 0 Å². The lowest BCUT2D eigenvalue weighted by atomic mass is 9.95. The first-order chi connectivity index (χ1) is 14.8. The van der Waals surface area contributed by atoms with E-state index in [9.17, 15) is 4.79 Å². The molecule has 3 aromatic rings. The molecule has 2 N–H and O–H groups in total. The summed E-state index contributed by atoms with van der Waals surface area (Å²) in [4.78, 5) is 18.9. The van der Waals surface area contributed by atoms with E-state index < -0.39 is 0 Å². The number of aromatic nitrogens is 1. The third kappa shape index (κ3) is 4.00. The predicted molar refractivity (Wildman–Crippen MR) is 119 cm³/mol. The number of nitrogens with one attached hydrogen (secondary N) is 2. The lowest BCUT2D eigenvalue weighted by Gasteiger charge is -2.27. The van der Waals surface area contributed by atoms with E-state index >= 15 is 0 Å². The van der Waals surface area contributed by atoms with Gasteiger partial charge in [-0.2, -0.15) is 0 Å². The van der Waals surface area contributed by atoms with Crippen molar-refractivity contribution < 1.29 is 9.53 Å². The molecule has 0 atom stereocenters. The van der Waals surface area contributed by atoms with Gasteiger partial charge in [0.15, 0.2) is 0 Å². The number of morpholine rings is 1. The van der Waals surface area contributed by atoms with E-state index in [1.165, 1.54) is 40.6 Å². The van der Waals surface area contributed by atoms with Crippen molar-refractivity contribution in [1.29, 1.82) is 0 Å². The molecule has 0 saturated carbocycles. The van der Waals surface area contributed by atoms with Gasteiger partial charge in [0.2, 0.25) is 0 Å². The van der Waals surface area contributed by atoms with Gasteiger partial charge in [0.05, 0.1) is 13.2 Å².